The molecular weight excluding hydrogens is 387 g/mol. The molecule has 1 atom stereocenters. The van der Waals surface area contributed by atoms with Crippen molar-refractivity contribution in [2.24, 2.45) is 5.41 Å². The Labute approximate surface area is 174 Å². The number of benzene rings is 1. The van der Waals surface area contributed by atoms with Crippen molar-refractivity contribution < 1.29 is 18.7 Å². The third-order valence-corrected chi connectivity index (χ3v) is 5.76. The molecule has 1 aliphatic heterocycles. The Morgan fingerprint density at radius 3 is 2.63 bits per heavy atom. The van der Waals surface area contributed by atoms with Gasteiger partial charge in [-0.25, -0.2) is 4.39 Å². The monoisotopic (exact) mass is 412 g/mol. The summed E-state index contributed by atoms with van der Waals surface area (Å²) < 4.78 is 20.2. The molecule has 0 saturated carbocycles. The zero-order valence-corrected chi connectivity index (χ0v) is 17.2. The first-order chi connectivity index (χ1) is 14.2. The number of pyridine rings is 1. The fraction of sp³-hybridized carbons (Fsp3) is 0.435. The number of hydrogen-bond donors (Lipinski definition) is 1. The molecule has 1 unspecified atom stereocenters. The molecule has 1 fully saturated rings. The number of rotatable bonds is 4. The lowest BCUT2D eigenvalue weighted by molar-refractivity contribution is 0.0853. The van der Waals surface area contributed by atoms with Crippen LogP contribution in [0.5, 0.6) is 0 Å². The first-order valence-corrected chi connectivity index (χ1v) is 10.2. The summed E-state index contributed by atoms with van der Waals surface area (Å²) in [5.41, 5.74) is 0.383. The van der Waals surface area contributed by atoms with Gasteiger partial charge in [0, 0.05) is 37.0 Å². The van der Waals surface area contributed by atoms with Crippen molar-refractivity contribution in [1.29, 1.82) is 0 Å². The number of fused-ring (bicyclic) bond motifs is 1. The summed E-state index contributed by atoms with van der Waals surface area (Å²) in [6.07, 6.45) is 4.01. The van der Waals surface area contributed by atoms with Crippen LogP contribution in [-0.2, 0) is 11.2 Å². The average molecular weight is 412 g/mol. The van der Waals surface area contributed by atoms with Gasteiger partial charge in [-0.15, -0.1) is 0 Å². The lowest BCUT2D eigenvalue weighted by atomic mass is 9.73. The lowest BCUT2D eigenvalue weighted by Gasteiger charge is -2.31. The molecule has 0 bridgehead atoms. The fourth-order valence-electron chi connectivity index (χ4n) is 4.27. The van der Waals surface area contributed by atoms with Gasteiger partial charge in [0.25, 0.3) is 11.5 Å². The van der Waals surface area contributed by atoms with Crippen LogP contribution in [0.15, 0.2) is 35.3 Å². The maximum Gasteiger partial charge on any atom is 0.268 e. The summed E-state index contributed by atoms with van der Waals surface area (Å²) >= 11 is 0. The molecule has 0 spiro atoms. The van der Waals surface area contributed by atoms with Gasteiger partial charge in [-0.05, 0) is 54.5 Å². The summed E-state index contributed by atoms with van der Waals surface area (Å²) in [5.74, 6) is -1.05. The van der Waals surface area contributed by atoms with Crippen molar-refractivity contribution in [3.63, 3.8) is 0 Å². The van der Waals surface area contributed by atoms with E-state index in [1.54, 1.807) is 0 Å². The second-order valence-corrected chi connectivity index (χ2v) is 8.83. The molecule has 1 aliphatic carbocycles. The first-order valence-electron chi connectivity index (χ1n) is 10.2. The van der Waals surface area contributed by atoms with Gasteiger partial charge in [0.1, 0.15) is 11.4 Å². The Bertz CT molecular complexity index is 1050. The minimum atomic E-state index is -0.518. The average Bonchev–Trinajstić information content (AvgIpc) is 3.19. The molecule has 1 aromatic heterocycles. The number of ether oxygens (including phenoxy) is 1. The zero-order valence-electron chi connectivity index (χ0n) is 17.2. The van der Waals surface area contributed by atoms with Gasteiger partial charge in [-0.1, -0.05) is 13.8 Å². The Balaban J connectivity index is 1.81. The summed E-state index contributed by atoms with van der Waals surface area (Å²) in [7, 11) is 0. The Hall–Kier alpha value is -2.80. The van der Waals surface area contributed by atoms with E-state index in [1.165, 1.54) is 35.0 Å². The summed E-state index contributed by atoms with van der Waals surface area (Å²) in [6, 6.07) is 5.38. The van der Waals surface area contributed by atoms with Gasteiger partial charge >= 0.3 is 0 Å². The maximum absolute atomic E-state index is 13.4. The number of ketones is 1. The number of nitrogens with zero attached hydrogens (tertiary/aromatic N) is 1. The fourth-order valence-corrected chi connectivity index (χ4v) is 4.27. The molecular formula is C23H25FN2O4. The van der Waals surface area contributed by atoms with Gasteiger partial charge in [-0.3, -0.25) is 19.0 Å². The topological polar surface area (TPSA) is 77.4 Å². The van der Waals surface area contributed by atoms with Crippen molar-refractivity contribution >= 4 is 11.7 Å². The van der Waals surface area contributed by atoms with E-state index < -0.39 is 17.3 Å². The van der Waals surface area contributed by atoms with Crippen LogP contribution in [0, 0.1) is 11.2 Å². The van der Waals surface area contributed by atoms with Crippen LogP contribution in [0.3, 0.4) is 0 Å². The van der Waals surface area contributed by atoms with Crippen molar-refractivity contribution in [3.05, 3.63) is 63.3 Å². The van der Waals surface area contributed by atoms with Gasteiger partial charge in [0.05, 0.1) is 6.10 Å². The van der Waals surface area contributed by atoms with Gasteiger partial charge < -0.3 is 10.1 Å². The number of aromatic nitrogens is 1. The highest BCUT2D eigenvalue weighted by molar-refractivity contribution is 6.04. The van der Waals surface area contributed by atoms with E-state index in [0.29, 0.717) is 42.8 Å². The normalized spacial score (nSPS) is 20.1. The standard InChI is InChI=1S/C23H25FN2O4/c1-23(2)10-17-18(19(27)11-23)13-26(15-7-5-14(24)6-8-15)22(29)20(17)21(28)25-12-16-4-3-9-30-16/h5-8,13,16H,3-4,9-12H2,1-2H3,(H,25,28). The molecule has 0 radical (unpaired) electrons. The van der Waals surface area contributed by atoms with Crippen molar-refractivity contribution in [1.82, 2.24) is 9.88 Å². The third kappa shape index (κ3) is 3.94. The highest BCUT2D eigenvalue weighted by atomic mass is 19.1. The molecule has 1 saturated heterocycles. The number of carbonyl (C=O) groups excluding carboxylic acids is 2. The molecule has 2 aromatic rings. The van der Waals surface area contributed by atoms with Crippen LogP contribution in [-0.4, -0.2) is 35.5 Å². The second-order valence-electron chi connectivity index (χ2n) is 8.83. The predicted molar refractivity (Wildman–Crippen MR) is 110 cm³/mol. The Morgan fingerprint density at radius 1 is 1.23 bits per heavy atom. The van der Waals surface area contributed by atoms with Crippen molar-refractivity contribution in [2.45, 2.75) is 45.6 Å². The molecule has 158 valence electrons. The third-order valence-electron chi connectivity index (χ3n) is 5.76. The van der Waals surface area contributed by atoms with Gasteiger partial charge in [0.15, 0.2) is 5.78 Å². The van der Waals surface area contributed by atoms with Crippen LogP contribution in [0.4, 0.5) is 4.39 Å². The number of amides is 1. The second kappa shape index (κ2) is 7.80. The largest absolute Gasteiger partial charge is 0.376 e. The minimum absolute atomic E-state index is 0.0176. The predicted octanol–water partition coefficient (Wildman–Crippen LogP) is 3.04. The molecule has 2 aliphatic rings. The van der Waals surface area contributed by atoms with E-state index >= 15 is 0 Å². The summed E-state index contributed by atoms with van der Waals surface area (Å²) in [4.78, 5) is 39.3. The van der Waals surface area contributed by atoms with E-state index in [9.17, 15) is 18.8 Å². The van der Waals surface area contributed by atoms with E-state index in [0.717, 1.165) is 12.8 Å². The SMILES string of the molecule is CC1(C)CC(=O)c2cn(-c3ccc(F)cc3)c(=O)c(C(=O)NCC3CCCO3)c2C1. The molecule has 6 nitrogen and oxygen atoms in total. The number of carbonyl (C=O) groups is 2. The number of hydrogen-bond acceptors (Lipinski definition) is 4. The number of Topliss-reactive ketones (excluding diaryl/α,β-unsaturated/α-hetero) is 1. The van der Waals surface area contributed by atoms with Crippen LogP contribution in [0.1, 0.15) is 59.4 Å². The van der Waals surface area contributed by atoms with E-state index in [-0.39, 0.29) is 22.9 Å². The summed E-state index contributed by atoms with van der Waals surface area (Å²) in [5, 5.41) is 2.81. The molecule has 2 heterocycles. The van der Waals surface area contributed by atoms with Crippen LogP contribution in [0.2, 0.25) is 0 Å². The molecule has 4 rings (SSSR count). The Morgan fingerprint density at radius 2 is 1.97 bits per heavy atom. The Kier molecular flexibility index (Phi) is 5.32. The zero-order chi connectivity index (χ0) is 21.5. The lowest BCUT2D eigenvalue weighted by Crippen LogP contribution is -2.40. The van der Waals surface area contributed by atoms with Crippen LogP contribution < -0.4 is 10.9 Å². The molecule has 30 heavy (non-hydrogen) atoms. The van der Waals surface area contributed by atoms with Gasteiger partial charge in [-0.2, -0.15) is 0 Å². The minimum Gasteiger partial charge on any atom is -0.376 e. The molecule has 1 N–H and O–H groups in total. The van der Waals surface area contributed by atoms with E-state index in [1.807, 2.05) is 13.8 Å². The van der Waals surface area contributed by atoms with Crippen LogP contribution in [0.25, 0.3) is 5.69 Å². The molecule has 7 heteroatoms. The van der Waals surface area contributed by atoms with Crippen molar-refractivity contribution in [2.75, 3.05) is 13.2 Å². The smallest absolute Gasteiger partial charge is 0.268 e. The number of nitrogens with one attached hydrogen (secondary N) is 1. The highest BCUT2D eigenvalue weighted by Gasteiger charge is 2.36. The maximum atomic E-state index is 13.4. The van der Waals surface area contributed by atoms with E-state index in [2.05, 4.69) is 5.32 Å². The van der Waals surface area contributed by atoms with E-state index in [4.69, 9.17) is 4.74 Å². The van der Waals surface area contributed by atoms with Crippen molar-refractivity contribution in [3.8, 4) is 5.69 Å². The highest BCUT2D eigenvalue weighted by Crippen LogP contribution is 2.35. The quantitative estimate of drug-likeness (QED) is 0.837. The molecule has 1 aromatic carbocycles. The van der Waals surface area contributed by atoms with Crippen LogP contribution >= 0.6 is 0 Å². The number of halogens is 1. The molecule has 1 amide bonds. The summed E-state index contributed by atoms with van der Waals surface area (Å²) in [6.45, 7) is 4.89. The van der Waals surface area contributed by atoms with Gasteiger partial charge in [0.2, 0.25) is 0 Å². The first kappa shape index (κ1) is 20.5.